The first kappa shape index (κ1) is 58.4. The van der Waals surface area contributed by atoms with Gasteiger partial charge in [-0.15, -0.1) is 0 Å². The van der Waals surface area contributed by atoms with Crippen molar-refractivity contribution >= 4 is 47.6 Å². The molecular weight excluding hydrogens is 985 g/mol. The number of ether oxygens (including phenoxy) is 4. The lowest BCUT2D eigenvalue weighted by molar-refractivity contribution is -0.126. The van der Waals surface area contributed by atoms with Gasteiger partial charge in [-0.2, -0.15) is 0 Å². The van der Waals surface area contributed by atoms with E-state index in [4.69, 9.17) is 18.9 Å². The molecule has 20 heteroatoms. The molecule has 2 aromatic heterocycles. The van der Waals surface area contributed by atoms with Crippen LogP contribution in [0.4, 0.5) is 30.6 Å². The molecule has 7 rings (SSSR count). The van der Waals surface area contributed by atoms with Crippen LogP contribution in [0.25, 0.3) is 0 Å². The molecule has 1 N–H and O–H groups in total. The maximum Gasteiger partial charge on any atom is 0.411 e. The predicted molar refractivity (Wildman–Crippen MR) is 291 cm³/mol. The minimum absolute atomic E-state index is 0.00524. The van der Waals surface area contributed by atoms with Gasteiger partial charge in [-0.1, -0.05) is 54.6 Å². The number of nitrogens with one attached hydrogen (secondary N) is 1. The second kappa shape index (κ2) is 24.8. The van der Waals surface area contributed by atoms with Crippen LogP contribution in [0.1, 0.15) is 99.8 Å². The van der Waals surface area contributed by atoms with Gasteiger partial charge in [-0.25, -0.2) is 29.1 Å². The smallest absolute Gasteiger partial charge is 0.411 e. The van der Waals surface area contributed by atoms with Crippen LogP contribution in [-0.4, -0.2) is 149 Å². The van der Waals surface area contributed by atoms with Gasteiger partial charge in [0.1, 0.15) is 34.5 Å². The molecule has 0 bridgehead atoms. The summed E-state index contributed by atoms with van der Waals surface area (Å²) in [7, 11) is 0. The van der Waals surface area contributed by atoms with Crippen molar-refractivity contribution in [2.24, 2.45) is 0 Å². The molecule has 4 heterocycles. The van der Waals surface area contributed by atoms with E-state index in [2.05, 4.69) is 15.3 Å². The number of piperazine rings is 2. The summed E-state index contributed by atoms with van der Waals surface area (Å²) in [5.41, 5.74) is 1.31. The summed E-state index contributed by atoms with van der Waals surface area (Å²) in [6.45, 7) is 23.5. The van der Waals surface area contributed by atoms with Crippen LogP contribution in [0.15, 0.2) is 116 Å². The Morgan fingerprint density at radius 1 is 0.532 bits per heavy atom. The number of anilines is 2. The van der Waals surface area contributed by atoms with E-state index in [1.165, 1.54) is 19.6 Å². The van der Waals surface area contributed by atoms with Crippen molar-refractivity contribution in [1.29, 1.82) is 0 Å². The molecule has 0 aliphatic carbocycles. The fourth-order valence-electron chi connectivity index (χ4n) is 8.28. The van der Waals surface area contributed by atoms with E-state index in [1.54, 1.807) is 119 Å². The van der Waals surface area contributed by atoms with Crippen LogP contribution in [0.5, 0.6) is 0 Å². The highest BCUT2D eigenvalue weighted by Crippen LogP contribution is 2.27. The van der Waals surface area contributed by atoms with Crippen LogP contribution in [0.3, 0.4) is 0 Å². The number of carbonyl (C=O) groups is 6. The number of hydrogen-bond donors (Lipinski definition) is 1. The Hall–Kier alpha value is -7.90. The fourth-order valence-corrected chi connectivity index (χ4v) is 8.28. The van der Waals surface area contributed by atoms with Gasteiger partial charge in [0.05, 0.1) is 32.3 Å². The molecule has 5 aromatic rings. The van der Waals surface area contributed by atoms with E-state index < -0.39 is 64.8 Å². The number of carbonyl (C=O) groups excluding carboxylic acids is 6. The van der Waals surface area contributed by atoms with Crippen LogP contribution in [0, 0.1) is 0 Å². The van der Waals surface area contributed by atoms with Crippen molar-refractivity contribution in [2.75, 3.05) is 49.5 Å². The summed E-state index contributed by atoms with van der Waals surface area (Å²) in [6, 6.07) is 22.9. The summed E-state index contributed by atoms with van der Waals surface area (Å²) in [6.07, 6.45) is 8.37. The van der Waals surface area contributed by atoms with Crippen molar-refractivity contribution in [3.63, 3.8) is 0 Å². The maximum absolute atomic E-state index is 14.5. The molecule has 3 aromatic carbocycles. The molecule has 414 valence electrons. The number of hydrogen-bond acceptors (Lipinski definition) is 12. The lowest BCUT2D eigenvalue weighted by Gasteiger charge is -2.42. The van der Waals surface area contributed by atoms with E-state index in [1.807, 2.05) is 94.3 Å². The van der Waals surface area contributed by atoms with E-state index in [9.17, 15) is 28.8 Å². The van der Waals surface area contributed by atoms with Gasteiger partial charge in [0, 0.05) is 75.4 Å². The van der Waals surface area contributed by atoms with Gasteiger partial charge >= 0.3 is 24.4 Å². The first-order chi connectivity index (χ1) is 36.1. The average molecular weight is 1060 g/mol. The molecule has 2 atom stereocenters. The summed E-state index contributed by atoms with van der Waals surface area (Å²) in [4.78, 5) is 95.5. The predicted octanol–water partition coefficient (Wildman–Crippen LogP) is 9.05. The highest BCUT2D eigenvalue weighted by atomic mass is 16.6. The molecule has 0 saturated carbocycles. The average Bonchev–Trinajstić information content (AvgIpc) is 4.06. The van der Waals surface area contributed by atoms with Crippen LogP contribution in [-0.2, 0) is 48.2 Å². The zero-order valence-corrected chi connectivity index (χ0v) is 46.6. The highest BCUT2D eigenvalue weighted by Gasteiger charge is 2.43. The van der Waals surface area contributed by atoms with Crippen molar-refractivity contribution in [3.8, 4) is 0 Å². The monoisotopic (exact) mass is 1060 g/mol. The van der Waals surface area contributed by atoms with Gasteiger partial charge in [0.2, 0.25) is 5.91 Å². The van der Waals surface area contributed by atoms with Gasteiger partial charge in [0.15, 0.2) is 0 Å². The zero-order valence-electron chi connectivity index (χ0n) is 46.6. The molecule has 6 amide bonds. The topological polar surface area (TPSA) is 203 Å². The lowest BCUT2D eigenvalue weighted by atomic mass is 10.1. The van der Waals surface area contributed by atoms with Gasteiger partial charge in [-0.05, 0) is 124 Å². The molecule has 2 fully saturated rings. The Kier molecular flexibility index (Phi) is 18.8. The molecule has 2 unspecified atom stereocenters. The second-order valence-electron chi connectivity index (χ2n) is 23.0. The molecular formula is C57H76N10O10. The number of amides is 6. The Morgan fingerprint density at radius 2 is 0.974 bits per heavy atom. The summed E-state index contributed by atoms with van der Waals surface area (Å²) in [5.74, 6) is -0.735. The van der Waals surface area contributed by atoms with Gasteiger partial charge in [0.25, 0.3) is 5.91 Å². The summed E-state index contributed by atoms with van der Waals surface area (Å²) >= 11 is 0. The quantitative estimate of drug-likeness (QED) is 0.130. The number of aromatic nitrogens is 4. The number of nitrogens with zero attached hydrogens (tertiary/aromatic N) is 9. The molecule has 2 aliphatic heterocycles. The van der Waals surface area contributed by atoms with E-state index in [0.717, 1.165) is 16.7 Å². The standard InChI is InChI=1S/C32H41N5O5.C25H35N5O5/c1-31(2,3)41-29(39)35-17-18-36(30(40)42-32(4,5)6)27(22-35)28(38)37(21-24-11-8-7-9-12-24)26-14-10-13-25(19-26)20-34-16-15-33-23-34;1-24(2,3)34-22(32)29-12-13-30(23(33)35-25(4,5)6)20(16-29)21(31)27-19-9-7-8-18(14-19)15-28-11-10-26-17-28/h7-16,19,23,27H,17-18,20-22H2,1-6H3;7-11,14,17,20H,12-13,15-16H2,1-6H3,(H,27,31). The third kappa shape index (κ3) is 18.1. The van der Waals surface area contributed by atoms with Crippen molar-refractivity contribution in [1.82, 2.24) is 38.7 Å². The van der Waals surface area contributed by atoms with Crippen LogP contribution < -0.4 is 10.2 Å². The third-order valence-corrected chi connectivity index (χ3v) is 11.6. The molecule has 0 spiro atoms. The Morgan fingerprint density at radius 3 is 1.45 bits per heavy atom. The van der Waals surface area contributed by atoms with Crippen molar-refractivity contribution in [2.45, 2.75) is 137 Å². The van der Waals surface area contributed by atoms with Crippen LogP contribution in [0.2, 0.25) is 0 Å². The SMILES string of the molecule is CC(C)(C)OC(=O)N1CCN(C(=O)OC(C)(C)C)C(C(=O)N(Cc2ccccc2)c2cccc(Cn3ccnc3)c2)C1.CC(C)(C)OC(=O)N1CCN(C(=O)OC(C)(C)C)C(C(=O)Nc2cccc(Cn3ccnc3)c2)C1. The zero-order chi connectivity index (χ0) is 56.3. The lowest BCUT2D eigenvalue weighted by Crippen LogP contribution is -2.63. The summed E-state index contributed by atoms with van der Waals surface area (Å²) in [5, 5.41) is 2.90. The largest absolute Gasteiger partial charge is 0.444 e. The highest BCUT2D eigenvalue weighted by molar-refractivity contribution is 5.99. The molecule has 77 heavy (non-hydrogen) atoms. The minimum Gasteiger partial charge on any atom is -0.444 e. The van der Waals surface area contributed by atoms with Gasteiger partial charge in [-0.3, -0.25) is 19.4 Å². The van der Waals surface area contributed by atoms with Crippen molar-refractivity contribution < 1.29 is 47.7 Å². The normalized spacial score (nSPS) is 16.1. The van der Waals surface area contributed by atoms with E-state index in [0.29, 0.717) is 24.5 Å². The molecule has 2 aliphatic rings. The van der Waals surface area contributed by atoms with Gasteiger partial charge < -0.3 is 48.1 Å². The Labute approximate surface area is 452 Å². The van der Waals surface area contributed by atoms with E-state index in [-0.39, 0.29) is 51.7 Å². The Balaban J connectivity index is 0.000000254. The Bertz CT molecular complexity index is 2780. The number of imidazole rings is 2. The van der Waals surface area contributed by atoms with E-state index >= 15 is 0 Å². The number of benzene rings is 3. The maximum atomic E-state index is 14.5. The van der Waals surface area contributed by atoms with Crippen LogP contribution >= 0.6 is 0 Å². The third-order valence-electron chi connectivity index (χ3n) is 11.6. The van der Waals surface area contributed by atoms with Crippen molar-refractivity contribution in [3.05, 3.63) is 133 Å². The fraction of sp³-hybridized carbons (Fsp3) is 0.474. The first-order valence-corrected chi connectivity index (χ1v) is 25.8. The molecule has 20 nitrogen and oxygen atoms in total. The summed E-state index contributed by atoms with van der Waals surface area (Å²) < 4.78 is 26.2. The minimum atomic E-state index is -0.984. The molecule has 0 radical (unpaired) electrons. The number of rotatable bonds is 10. The first-order valence-electron chi connectivity index (χ1n) is 25.8. The molecule has 2 saturated heterocycles. The second-order valence-corrected chi connectivity index (χ2v) is 23.0.